The van der Waals surface area contributed by atoms with Crippen LogP contribution in [-0.2, 0) is 16.2 Å². The van der Waals surface area contributed by atoms with Gasteiger partial charge >= 0.3 is 6.18 Å². The van der Waals surface area contributed by atoms with Gasteiger partial charge in [0.05, 0.1) is 23.6 Å². The molecule has 0 aliphatic rings. The number of sulfonamides is 1. The Morgan fingerprint density at radius 2 is 1.33 bits per heavy atom. The molecule has 1 N–H and O–H groups in total. The van der Waals surface area contributed by atoms with Crippen molar-refractivity contribution in [3.05, 3.63) is 95.1 Å². The maximum absolute atomic E-state index is 12.9. The number of nitrogens with one attached hydrogen (secondary N) is 1. The summed E-state index contributed by atoms with van der Waals surface area (Å²) in [4.78, 5) is 0.0681. The summed E-state index contributed by atoms with van der Waals surface area (Å²) < 4.78 is 72.4. The van der Waals surface area contributed by atoms with Crippen LogP contribution in [0.1, 0.15) is 28.3 Å². The fourth-order valence-corrected chi connectivity index (χ4v) is 4.14. The zero-order chi connectivity index (χ0) is 21.9. The number of alkyl halides is 3. The van der Waals surface area contributed by atoms with Crippen LogP contribution in [0.15, 0.2) is 77.7 Å². The number of hydrogen-bond acceptors (Lipinski definition) is 3. The summed E-state index contributed by atoms with van der Waals surface area (Å²) in [5.74, 6) is 0.575. The summed E-state index contributed by atoms with van der Waals surface area (Å²) in [5, 5.41) is 0. The van der Waals surface area contributed by atoms with Gasteiger partial charge in [0.25, 0.3) is 0 Å². The van der Waals surface area contributed by atoms with E-state index in [1.807, 2.05) is 6.92 Å². The summed E-state index contributed by atoms with van der Waals surface area (Å²) in [5.41, 5.74) is 1.04. The van der Waals surface area contributed by atoms with Gasteiger partial charge in [-0.15, -0.1) is 0 Å². The van der Waals surface area contributed by atoms with Gasteiger partial charge in [-0.05, 0) is 54.4 Å². The normalized spacial score (nSPS) is 13.1. The van der Waals surface area contributed by atoms with E-state index in [0.29, 0.717) is 16.9 Å². The molecule has 0 heterocycles. The summed E-state index contributed by atoms with van der Waals surface area (Å²) in [6.45, 7) is 1.84. The third-order valence-electron chi connectivity index (χ3n) is 4.62. The van der Waals surface area contributed by atoms with E-state index in [0.717, 1.165) is 17.7 Å². The van der Waals surface area contributed by atoms with Crippen LogP contribution in [-0.4, -0.2) is 15.5 Å². The van der Waals surface area contributed by atoms with Crippen molar-refractivity contribution in [3.63, 3.8) is 0 Å². The van der Waals surface area contributed by atoms with Crippen LogP contribution in [0.5, 0.6) is 5.75 Å². The first-order valence-corrected chi connectivity index (χ1v) is 10.5. The molecule has 0 bridgehead atoms. The Labute approximate surface area is 173 Å². The average molecular weight is 435 g/mol. The van der Waals surface area contributed by atoms with E-state index >= 15 is 0 Å². The lowest BCUT2D eigenvalue weighted by Crippen LogP contribution is -2.29. The molecule has 4 nitrogen and oxygen atoms in total. The third-order valence-corrected chi connectivity index (χ3v) is 6.06. The van der Waals surface area contributed by atoms with E-state index < -0.39 is 27.8 Å². The molecule has 1 unspecified atom stereocenters. The fourth-order valence-electron chi connectivity index (χ4n) is 2.93. The lowest BCUT2D eigenvalue weighted by atomic mass is 9.98. The Balaban J connectivity index is 2.02. The van der Waals surface area contributed by atoms with Crippen LogP contribution >= 0.6 is 0 Å². The molecular formula is C22H20F3NO3S. The van der Waals surface area contributed by atoms with Crippen LogP contribution in [0.3, 0.4) is 0 Å². The molecule has 8 heteroatoms. The number of methoxy groups -OCH3 is 1. The molecule has 0 radical (unpaired) electrons. The topological polar surface area (TPSA) is 55.4 Å². The number of rotatable bonds is 6. The Bertz CT molecular complexity index is 1090. The monoisotopic (exact) mass is 435 g/mol. The molecule has 158 valence electrons. The number of benzene rings is 3. The van der Waals surface area contributed by atoms with Crippen molar-refractivity contribution in [2.75, 3.05) is 7.11 Å². The predicted molar refractivity (Wildman–Crippen MR) is 108 cm³/mol. The fraction of sp³-hybridized carbons (Fsp3) is 0.182. The van der Waals surface area contributed by atoms with Gasteiger partial charge in [-0.3, -0.25) is 0 Å². The van der Waals surface area contributed by atoms with E-state index in [1.165, 1.54) is 31.4 Å². The Morgan fingerprint density at radius 1 is 0.833 bits per heavy atom. The van der Waals surface area contributed by atoms with Crippen LogP contribution < -0.4 is 9.46 Å². The smallest absolute Gasteiger partial charge is 0.416 e. The Morgan fingerprint density at radius 3 is 1.80 bits per heavy atom. The lowest BCUT2D eigenvalue weighted by molar-refractivity contribution is -0.137. The lowest BCUT2D eigenvalue weighted by Gasteiger charge is -2.21. The van der Waals surface area contributed by atoms with E-state index in [-0.39, 0.29) is 4.90 Å². The molecule has 30 heavy (non-hydrogen) atoms. The van der Waals surface area contributed by atoms with Crippen molar-refractivity contribution in [2.24, 2.45) is 0 Å². The number of ether oxygens (including phenoxy) is 1. The Kier molecular flexibility index (Phi) is 6.19. The first kappa shape index (κ1) is 21.9. The Hall–Kier alpha value is -2.84. The second-order valence-electron chi connectivity index (χ2n) is 6.76. The highest BCUT2D eigenvalue weighted by molar-refractivity contribution is 7.89. The second kappa shape index (κ2) is 8.49. The van der Waals surface area contributed by atoms with Gasteiger partial charge < -0.3 is 4.74 Å². The molecule has 0 spiro atoms. The van der Waals surface area contributed by atoms with E-state index in [4.69, 9.17) is 4.74 Å². The number of hydrogen-bond donors (Lipinski definition) is 1. The van der Waals surface area contributed by atoms with Crippen LogP contribution in [0.2, 0.25) is 0 Å². The maximum Gasteiger partial charge on any atom is 0.416 e. The molecule has 0 aliphatic carbocycles. The molecule has 0 saturated heterocycles. The second-order valence-corrected chi connectivity index (χ2v) is 8.47. The van der Waals surface area contributed by atoms with Crippen molar-refractivity contribution < 1.29 is 26.3 Å². The van der Waals surface area contributed by atoms with Gasteiger partial charge in [-0.1, -0.05) is 42.0 Å². The quantitative estimate of drug-likeness (QED) is 0.587. The van der Waals surface area contributed by atoms with Crippen molar-refractivity contribution in [3.8, 4) is 5.75 Å². The summed E-state index contributed by atoms with van der Waals surface area (Å²) in [7, 11) is -2.43. The highest BCUT2D eigenvalue weighted by Crippen LogP contribution is 2.32. The van der Waals surface area contributed by atoms with Gasteiger partial charge in [0.1, 0.15) is 5.75 Å². The van der Waals surface area contributed by atoms with Gasteiger partial charge in [-0.25, -0.2) is 8.42 Å². The van der Waals surface area contributed by atoms with Gasteiger partial charge in [0.15, 0.2) is 0 Å². The molecule has 3 aromatic rings. The summed E-state index contributed by atoms with van der Waals surface area (Å²) in [6.07, 6.45) is -4.48. The van der Waals surface area contributed by atoms with E-state index in [1.54, 1.807) is 36.4 Å². The zero-order valence-electron chi connectivity index (χ0n) is 16.3. The molecule has 0 fully saturated rings. The van der Waals surface area contributed by atoms with Gasteiger partial charge in [0, 0.05) is 0 Å². The molecule has 3 rings (SSSR count). The molecular weight excluding hydrogens is 415 g/mol. The molecule has 1 atom stereocenters. The largest absolute Gasteiger partial charge is 0.497 e. The standard InChI is InChI=1S/C22H20F3NO3S/c1-15-3-13-20(14-4-15)30(27,28)26-21(17-7-11-19(29-2)12-8-17)16-5-9-18(10-6-16)22(23,24)25/h3-14,21,26H,1-2H3. The van der Waals surface area contributed by atoms with E-state index in [2.05, 4.69) is 4.72 Å². The predicted octanol–water partition coefficient (Wildman–Crippen LogP) is 5.09. The molecule has 0 aliphatic heterocycles. The SMILES string of the molecule is COc1ccc(C(NS(=O)(=O)c2ccc(C)cc2)c2ccc(C(F)(F)F)cc2)cc1. The number of aryl methyl sites for hydroxylation is 1. The van der Waals surface area contributed by atoms with Crippen LogP contribution in [0, 0.1) is 6.92 Å². The van der Waals surface area contributed by atoms with Gasteiger partial charge in [-0.2, -0.15) is 17.9 Å². The summed E-state index contributed by atoms with van der Waals surface area (Å²) >= 11 is 0. The third kappa shape index (κ3) is 5.01. The summed E-state index contributed by atoms with van der Waals surface area (Å²) in [6, 6.07) is 16.5. The highest BCUT2D eigenvalue weighted by atomic mass is 32.2. The van der Waals surface area contributed by atoms with Crippen molar-refractivity contribution in [1.29, 1.82) is 0 Å². The zero-order valence-corrected chi connectivity index (χ0v) is 17.1. The molecule has 0 saturated carbocycles. The van der Waals surface area contributed by atoms with Crippen molar-refractivity contribution in [2.45, 2.75) is 24.0 Å². The van der Waals surface area contributed by atoms with Crippen LogP contribution in [0.25, 0.3) is 0 Å². The minimum absolute atomic E-state index is 0.0681. The van der Waals surface area contributed by atoms with Gasteiger partial charge in [0.2, 0.25) is 10.0 Å². The molecule has 0 aromatic heterocycles. The first-order chi connectivity index (χ1) is 14.1. The van der Waals surface area contributed by atoms with Crippen LogP contribution in [0.4, 0.5) is 13.2 Å². The molecule has 3 aromatic carbocycles. The minimum atomic E-state index is -4.48. The minimum Gasteiger partial charge on any atom is -0.497 e. The van der Waals surface area contributed by atoms with E-state index in [9.17, 15) is 21.6 Å². The van der Waals surface area contributed by atoms with Crippen molar-refractivity contribution >= 4 is 10.0 Å². The van der Waals surface area contributed by atoms with Crippen molar-refractivity contribution in [1.82, 2.24) is 4.72 Å². The average Bonchev–Trinajstić information content (AvgIpc) is 2.72. The molecule has 0 amide bonds. The number of halogens is 3. The highest BCUT2D eigenvalue weighted by Gasteiger charge is 2.31. The maximum atomic E-state index is 12.9. The first-order valence-electron chi connectivity index (χ1n) is 9.00.